The maximum atomic E-state index is 14.1. The van der Waals surface area contributed by atoms with E-state index in [0.29, 0.717) is 37.0 Å². The second kappa shape index (κ2) is 9.70. The Morgan fingerprint density at radius 3 is 2.44 bits per heavy atom. The number of carbonyl (C=O) groups is 1. The minimum absolute atomic E-state index is 0.00898. The summed E-state index contributed by atoms with van der Waals surface area (Å²) in [6, 6.07) is 5.52. The van der Waals surface area contributed by atoms with Crippen LogP contribution in [0.1, 0.15) is 61.1 Å². The fourth-order valence-electron chi connectivity index (χ4n) is 5.77. The van der Waals surface area contributed by atoms with Gasteiger partial charge in [-0.2, -0.15) is 0 Å². The largest absolute Gasteiger partial charge is 0.348 e. The Balaban J connectivity index is 1.26. The van der Waals surface area contributed by atoms with E-state index in [1.54, 1.807) is 10.6 Å². The molecule has 0 atom stereocenters. The molecule has 1 saturated carbocycles. The Labute approximate surface area is 222 Å². The molecule has 1 aliphatic heterocycles. The lowest BCUT2D eigenvalue weighted by molar-refractivity contribution is 0.0917. The number of carbonyl (C=O) groups excluding carboxylic acids is 1. The minimum atomic E-state index is -3.18. The molecule has 0 bridgehead atoms. The third-order valence-corrected chi connectivity index (χ3v) is 9.52. The van der Waals surface area contributed by atoms with Gasteiger partial charge in [-0.1, -0.05) is 6.07 Å². The predicted octanol–water partition coefficient (Wildman–Crippen LogP) is 2.01. The van der Waals surface area contributed by atoms with Gasteiger partial charge in [0, 0.05) is 30.5 Å². The molecule has 11 nitrogen and oxygen atoms in total. The van der Waals surface area contributed by atoms with Crippen molar-refractivity contribution in [1.29, 1.82) is 0 Å². The molecule has 2 aliphatic rings. The number of aromatic nitrogens is 5. The summed E-state index contributed by atoms with van der Waals surface area (Å²) in [5, 5.41) is 2.99. The van der Waals surface area contributed by atoms with Crippen molar-refractivity contribution in [1.82, 2.24) is 28.8 Å². The van der Waals surface area contributed by atoms with Crippen LogP contribution in [-0.2, 0) is 9.84 Å². The fourth-order valence-corrected chi connectivity index (χ4v) is 7.24. The van der Waals surface area contributed by atoms with E-state index in [0.717, 1.165) is 12.3 Å². The summed E-state index contributed by atoms with van der Waals surface area (Å²) in [6.45, 7) is 0. The first-order chi connectivity index (χ1) is 18.7. The number of nitrogens with zero attached hydrogens (tertiary/aromatic N) is 5. The highest BCUT2D eigenvalue weighted by atomic mass is 32.2. The van der Waals surface area contributed by atoms with Gasteiger partial charge in [0.25, 0.3) is 11.5 Å². The normalized spacial score (nSPS) is 21.8. The average Bonchev–Trinajstić information content (AvgIpc) is 3.36. The first-order valence-corrected chi connectivity index (χ1v) is 14.8. The van der Waals surface area contributed by atoms with E-state index in [1.807, 2.05) is 24.4 Å². The third-order valence-electron chi connectivity index (χ3n) is 7.81. The molecule has 1 amide bonds. The van der Waals surface area contributed by atoms with Crippen LogP contribution >= 0.6 is 0 Å². The zero-order chi connectivity index (χ0) is 27.3. The van der Waals surface area contributed by atoms with Crippen LogP contribution < -0.4 is 16.6 Å². The molecule has 204 valence electrons. The van der Waals surface area contributed by atoms with Crippen molar-refractivity contribution < 1.29 is 17.6 Å². The van der Waals surface area contributed by atoms with Crippen molar-refractivity contribution in [2.24, 2.45) is 0 Å². The number of hydrogen-bond donors (Lipinski definition) is 1. The van der Waals surface area contributed by atoms with Gasteiger partial charge in [-0.15, -0.1) is 0 Å². The van der Waals surface area contributed by atoms with Crippen LogP contribution in [0.3, 0.4) is 0 Å². The van der Waals surface area contributed by atoms with E-state index < -0.39 is 39.0 Å². The van der Waals surface area contributed by atoms with E-state index in [2.05, 4.69) is 15.3 Å². The lowest BCUT2D eigenvalue weighted by Crippen LogP contribution is -2.47. The molecule has 0 radical (unpaired) electrons. The van der Waals surface area contributed by atoms with Gasteiger partial charge in [0.05, 0.1) is 23.1 Å². The number of sulfone groups is 1. The van der Waals surface area contributed by atoms with Crippen molar-refractivity contribution in [2.45, 2.75) is 56.7 Å². The smallest absolute Gasteiger partial charge is 0.333 e. The summed E-state index contributed by atoms with van der Waals surface area (Å²) >= 11 is 0. The fraction of sp³-hybridized carbons (Fsp3) is 0.423. The van der Waals surface area contributed by atoms with Crippen LogP contribution in [0.4, 0.5) is 4.39 Å². The summed E-state index contributed by atoms with van der Waals surface area (Å²) in [7, 11) is -3.18. The van der Waals surface area contributed by atoms with E-state index in [1.165, 1.54) is 9.13 Å². The number of hydrogen-bond acceptors (Lipinski definition) is 7. The lowest BCUT2D eigenvalue weighted by atomic mass is 9.90. The number of halogens is 1. The quantitative estimate of drug-likeness (QED) is 0.407. The van der Waals surface area contributed by atoms with Gasteiger partial charge in [-0.25, -0.2) is 27.6 Å². The number of imidazole rings is 1. The van der Waals surface area contributed by atoms with Gasteiger partial charge >= 0.3 is 5.69 Å². The van der Waals surface area contributed by atoms with Gasteiger partial charge in [-0.05, 0) is 56.7 Å². The van der Waals surface area contributed by atoms with Crippen LogP contribution in [0.15, 0.2) is 52.4 Å². The van der Waals surface area contributed by atoms with Crippen LogP contribution in [0.2, 0.25) is 0 Å². The van der Waals surface area contributed by atoms with Gasteiger partial charge in [0.15, 0.2) is 0 Å². The van der Waals surface area contributed by atoms with Gasteiger partial charge < -0.3 is 9.72 Å². The Bertz CT molecular complexity index is 1770. The second-order valence-corrected chi connectivity index (χ2v) is 12.6. The first-order valence-electron chi connectivity index (χ1n) is 13.0. The van der Waals surface area contributed by atoms with Crippen LogP contribution in [0.5, 0.6) is 0 Å². The molecule has 39 heavy (non-hydrogen) atoms. The Morgan fingerprint density at radius 2 is 1.72 bits per heavy atom. The van der Waals surface area contributed by atoms with E-state index in [9.17, 15) is 27.2 Å². The van der Waals surface area contributed by atoms with Crippen LogP contribution in [0, 0.1) is 5.82 Å². The van der Waals surface area contributed by atoms with Crippen molar-refractivity contribution in [2.75, 3.05) is 11.5 Å². The monoisotopic (exact) mass is 554 g/mol. The molecule has 5 heterocycles. The zero-order valence-electron chi connectivity index (χ0n) is 21.0. The molecule has 0 aromatic carbocycles. The van der Waals surface area contributed by atoms with Crippen molar-refractivity contribution >= 4 is 32.4 Å². The van der Waals surface area contributed by atoms with E-state index in [-0.39, 0.29) is 47.3 Å². The van der Waals surface area contributed by atoms with Crippen molar-refractivity contribution in [3.8, 4) is 0 Å². The molecular formula is C26H27FN6O5S. The maximum absolute atomic E-state index is 14.1. The Morgan fingerprint density at radius 1 is 1.00 bits per heavy atom. The third kappa shape index (κ3) is 4.75. The summed E-state index contributed by atoms with van der Waals surface area (Å²) in [5.74, 6) is -1.12. The molecule has 2 fully saturated rings. The Hall–Kier alpha value is -3.87. The summed E-state index contributed by atoms with van der Waals surface area (Å²) < 4.78 is 42.4. The molecule has 6 rings (SSSR count). The topological polar surface area (TPSA) is 137 Å². The van der Waals surface area contributed by atoms with Crippen LogP contribution in [-0.4, -0.2) is 55.4 Å². The molecule has 1 aliphatic carbocycles. The number of nitrogens with one attached hydrogen (secondary N) is 1. The Kier molecular flexibility index (Phi) is 6.32. The molecule has 0 unspecified atom stereocenters. The molecule has 4 aromatic rings. The standard InChI is InChI=1S/C26H27FN6O5S/c27-16-13-20-23(28-14-16)32(19-8-11-39(37,38)12-9-19)26(36)33(25(20)35)18-6-4-17(5-7-18)29-24(34)21-15-31-10-2-1-3-22(31)30-21/h1-3,10,13-15,17-19H,4-9,11-12H2,(H,29,34)/t17-,18+. The van der Waals surface area contributed by atoms with E-state index in [4.69, 9.17) is 0 Å². The first kappa shape index (κ1) is 25.4. The van der Waals surface area contributed by atoms with Gasteiger partial charge in [0.2, 0.25) is 0 Å². The molecule has 4 aromatic heterocycles. The average molecular weight is 555 g/mol. The van der Waals surface area contributed by atoms with E-state index >= 15 is 0 Å². The second-order valence-electron chi connectivity index (χ2n) is 10.3. The highest BCUT2D eigenvalue weighted by Crippen LogP contribution is 2.29. The minimum Gasteiger partial charge on any atom is -0.348 e. The predicted molar refractivity (Wildman–Crippen MR) is 141 cm³/mol. The zero-order valence-corrected chi connectivity index (χ0v) is 21.8. The van der Waals surface area contributed by atoms with Crippen molar-refractivity contribution in [3.63, 3.8) is 0 Å². The number of rotatable bonds is 4. The molecular weight excluding hydrogens is 527 g/mol. The van der Waals surface area contributed by atoms with Gasteiger partial charge in [0.1, 0.15) is 32.6 Å². The SMILES string of the molecule is O=C(N[C@H]1CC[C@@H](n2c(=O)c3cc(F)cnc3n(C3CCS(=O)(=O)CC3)c2=O)CC1)c1cn2ccccc2n1. The molecule has 1 saturated heterocycles. The molecule has 13 heteroatoms. The number of amides is 1. The molecule has 1 N–H and O–H groups in total. The summed E-state index contributed by atoms with van der Waals surface area (Å²) in [5.41, 5.74) is -0.131. The summed E-state index contributed by atoms with van der Waals surface area (Å²) in [4.78, 5) is 48.4. The number of fused-ring (bicyclic) bond motifs is 2. The lowest BCUT2D eigenvalue weighted by Gasteiger charge is -2.31. The van der Waals surface area contributed by atoms with Crippen molar-refractivity contribution in [3.05, 3.63) is 75.2 Å². The van der Waals surface area contributed by atoms with Gasteiger partial charge in [-0.3, -0.25) is 18.7 Å². The molecule has 0 spiro atoms. The number of pyridine rings is 2. The highest BCUT2D eigenvalue weighted by Gasteiger charge is 2.32. The maximum Gasteiger partial charge on any atom is 0.333 e. The highest BCUT2D eigenvalue weighted by molar-refractivity contribution is 7.91. The summed E-state index contributed by atoms with van der Waals surface area (Å²) in [6.07, 6.45) is 6.86. The van der Waals surface area contributed by atoms with Crippen LogP contribution in [0.25, 0.3) is 16.7 Å².